The number of carbonyl (C=O) groups is 4. The first-order chi connectivity index (χ1) is 13.0. The second-order valence-corrected chi connectivity index (χ2v) is 7.79. The predicted molar refractivity (Wildman–Crippen MR) is 94.9 cm³/mol. The number of carbonyl (C=O) groups excluding carboxylic acids is 4. The second kappa shape index (κ2) is 5.63. The van der Waals surface area contributed by atoms with Crippen molar-refractivity contribution in [2.24, 2.45) is 17.6 Å². The highest BCUT2D eigenvalue weighted by Crippen LogP contribution is 2.50. The molecule has 4 amide bonds. The number of fused-ring (bicyclic) bond motifs is 2. The van der Waals surface area contributed by atoms with Crippen LogP contribution in [0.3, 0.4) is 0 Å². The molecule has 3 heterocycles. The maximum absolute atomic E-state index is 12.9. The molecular formula is C19H20N4O4. The van der Waals surface area contributed by atoms with Crippen LogP contribution in [0.25, 0.3) is 0 Å². The minimum absolute atomic E-state index is 0.115. The third-order valence-electron chi connectivity index (χ3n) is 6.30. The molecule has 4 atom stereocenters. The first-order valence-corrected chi connectivity index (χ1v) is 9.32. The van der Waals surface area contributed by atoms with Crippen LogP contribution >= 0.6 is 0 Å². The largest absolute Gasteiger partial charge is 0.367 e. The minimum atomic E-state index is -0.935. The van der Waals surface area contributed by atoms with E-state index in [0.717, 1.165) is 17.1 Å². The van der Waals surface area contributed by atoms with Crippen molar-refractivity contribution >= 4 is 29.3 Å². The van der Waals surface area contributed by atoms with Crippen LogP contribution in [-0.4, -0.2) is 53.7 Å². The lowest BCUT2D eigenvalue weighted by atomic mass is 10.0. The lowest BCUT2D eigenvalue weighted by Gasteiger charge is -2.29. The van der Waals surface area contributed by atoms with Crippen molar-refractivity contribution in [3.63, 3.8) is 0 Å². The Morgan fingerprint density at radius 1 is 1.11 bits per heavy atom. The summed E-state index contributed by atoms with van der Waals surface area (Å²) < 4.78 is 0. The summed E-state index contributed by atoms with van der Waals surface area (Å²) in [7, 11) is 0. The summed E-state index contributed by atoms with van der Waals surface area (Å²) in [6.07, 6.45) is 1.49. The van der Waals surface area contributed by atoms with Crippen LogP contribution in [0.1, 0.15) is 40.0 Å². The number of nitrogens with two attached hydrogens (primary N) is 1. The third-order valence-corrected chi connectivity index (χ3v) is 6.30. The van der Waals surface area contributed by atoms with Crippen molar-refractivity contribution in [1.29, 1.82) is 0 Å². The van der Waals surface area contributed by atoms with Gasteiger partial charge in [0.25, 0.3) is 11.8 Å². The summed E-state index contributed by atoms with van der Waals surface area (Å²) in [5.41, 5.74) is 7.46. The molecule has 1 aliphatic carbocycles. The zero-order chi connectivity index (χ0) is 18.9. The molecule has 5 rings (SSSR count). The van der Waals surface area contributed by atoms with Gasteiger partial charge >= 0.3 is 0 Å². The Bertz CT molecular complexity index is 898. The molecule has 0 spiro atoms. The third kappa shape index (κ3) is 2.32. The van der Waals surface area contributed by atoms with Crippen molar-refractivity contribution in [2.45, 2.75) is 31.3 Å². The zero-order valence-electron chi connectivity index (χ0n) is 14.7. The minimum Gasteiger partial charge on any atom is -0.367 e. The average molecular weight is 368 g/mol. The molecule has 4 aliphatic rings. The molecule has 0 bridgehead atoms. The van der Waals surface area contributed by atoms with Gasteiger partial charge in [0, 0.05) is 31.2 Å². The van der Waals surface area contributed by atoms with Gasteiger partial charge in [-0.3, -0.25) is 29.4 Å². The van der Waals surface area contributed by atoms with E-state index in [1.165, 1.54) is 6.42 Å². The van der Waals surface area contributed by atoms with Crippen molar-refractivity contribution in [3.8, 4) is 0 Å². The molecule has 0 radical (unpaired) electrons. The van der Waals surface area contributed by atoms with Gasteiger partial charge in [-0.1, -0.05) is 0 Å². The van der Waals surface area contributed by atoms with Gasteiger partial charge in [0.05, 0.1) is 11.1 Å². The number of piperidine rings is 2. The molecule has 1 saturated carbocycles. The van der Waals surface area contributed by atoms with Crippen LogP contribution in [0.15, 0.2) is 18.2 Å². The number of benzene rings is 1. The molecule has 2 saturated heterocycles. The molecule has 8 heteroatoms. The van der Waals surface area contributed by atoms with E-state index in [0.29, 0.717) is 29.5 Å². The van der Waals surface area contributed by atoms with Gasteiger partial charge in [0.2, 0.25) is 11.8 Å². The maximum atomic E-state index is 12.9. The Kier molecular flexibility index (Phi) is 3.42. The van der Waals surface area contributed by atoms with Gasteiger partial charge in [-0.2, -0.15) is 0 Å². The Morgan fingerprint density at radius 2 is 1.89 bits per heavy atom. The van der Waals surface area contributed by atoms with E-state index in [1.807, 2.05) is 6.07 Å². The summed E-state index contributed by atoms with van der Waals surface area (Å²) in [5.74, 6) is -0.625. The molecule has 1 unspecified atom stereocenters. The zero-order valence-corrected chi connectivity index (χ0v) is 14.7. The van der Waals surface area contributed by atoms with Crippen molar-refractivity contribution in [1.82, 2.24) is 10.2 Å². The van der Waals surface area contributed by atoms with E-state index in [9.17, 15) is 19.2 Å². The molecule has 27 heavy (non-hydrogen) atoms. The predicted octanol–water partition coefficient (Wildman–Crippen LogP) is -0.129. The lowest BCUT2D eigenvalue weighted by Crippen LogP contribution is -2.54. The molecule has 3 aliphatic heterocycles. The topological polar surface area (TPSA) is 113 Å². The first-order valence-electron chi connectivity index (χ1n) is 9.32. The van der Waals surface area contributed by atoms with Crippen LogP contribution in [0, 0.1) is 11.8 Å². The van der Waals surface area contributed by atoms with Gasteiger partial charge in [0.1, 0.15) is 6.04 Å². The Balaban J connectivity index is 1.45. The first kappa shape index (κ1) is 16.4. The summed E-state index contributed by atoms with van der Waals surface area (Å²) in [4.78, 5) is 52.4. The normalized spacial score (nSPS) is 31.9. The average Bonchev–Trinajstić information content (AvgIpc) is 3.26. The van der Waals surface area contributed by atoms with Gasteiger partial charge in [-0.05, 0) is 42.9 Å². The fraction of sp³-hybridized carbons (Fsp3) is 0.474. The van der Waals surface area contributed by atoms with E-state index in [4.69, 9.17) is 5.73 Å². The highest BCUT2D eigenvalue weighted by atomic mass is 16.2. The van der Waals surface area contributed by atoms with Crippen LogP contribution in [0.4, 0.5) is 5.69 Å². The molecule has 8 nitrogen and oxygen atoms in total. The molecular weight excluding hydrogens is 348 g/mol. The van der Waals surface area contributed by atoms with Gasteiger partial charge in [-0.25, -0.2) is 0 Å². The maximum Gasteiger partial charge on any atom is 0.262 e. The number of amides is 4. The smallest absolute Gasteiger partial charge is 0.262 e. The summed E-state index contributed by atoms with van der Waals surface area (Å²) in [6.45, 7) is 1.48. The molecule has 140 valence electrons. The molecule has 1 aromatic rings. The number of nitrogens with zero attached hydrogens (tertiary/aromatic N) is 2. The van der Waals surface area contributed by atoms with Crippen molar-refractivity contribution < 1.29 is 19.2 Å². The van der Waals surface area contributed by atoms with E-state index in [-0.39, 0.29) is 24.8 Å². The monoisotopic (exact) mass is 368 g/mol. The fourth-order valence-electron chi connectivity index (χ4n) is 4.81. The molecule has 3 N–H and O–H groups in total. The number of hydrogen-bond donors (Lipinski definition) is 2. The highest BCUT2D eigenvalue weighted by Gasteiger charge is 2.52. The summed E-state index contributed by atoms with van der Waals surface area (Å²) in [5, 5.41) is 2.21. The molecule has 0 aromatic heterocycles. The Hall–Kier alpha value is -2.74. The number of nitrogens with one attached hydrogen (secondary N) is 1. The second-order valence-electron chi connectivity index (χ2n) is 7.79. The number of hydrogen-bond acceptors (Lipinski definition) is 6. The Labute approximate surface area is 155 Å². The quantitative estimate of drug-likeness (QED) is 0.719. The number of anilines is 1. The van der Waals surface area contributed by atoms with Crippen molar-refractivity contribution in [3.05, 3.63) is 29.3 Å². The summed E-state index contributed by atoms with van der Waals surface area (Å²) in [6, 6.07) is 4.59. The van der Waals surface area contributed by atoms with E-state index in [1.54, 1.807) is 12.1 Å². The summed E-state index contributed by atoms with van der Waals surface area (Å²) >= 11 is 0. The van der Waals surface area contributed by atoms with E-state index < -0.39 is 23.8 Å². The van der Waals surface area contributed by atoms with E-state index >= 15 is 0 Å². The standard InChI is InChI=1S/C19H20N4O4/c20-7-15-12-5-9(12)8-22(15)10-1-2-11-13(6-10)19(27)23(18(11)26)14-3-4-16(24)21-17(14)25/h1-2,6,9,12,14-15H,3-5,7-8,20H2,(H,21,24,25)/t9-,12-,14?,15+/m0/s1. The fourth-order valence-corrected chi connectivity index (χ4v) is 4.81. The van der Waals surface area contributed by atoms with E-state index in [2.05, 4.69) is 10.2 Å². The van der Waals surface area contributed by atoms with Gasteiger partial charge < -0.3 is 10.6 Å². The van der Waals surface area contributed by atoms with Gasteiger partial charge in [-0.15, -0.1) is 0 Å². The Morgan fingerprint density at radius 3 is 2.63 bits per heavy atom. The highest BCUT2D eigenvalue weighted by molar-refractivity contribution is 6.23. The van der Waals surface area contributed by atoms with Crippen LogP contribution < -0.4 is 16.0 Å². The molecule has 1 aromatic carbocycles. The lowest BCUT2D eigenvalue weighted by molar-refractivity contribution is -0.136. The SMILES string of the molecule is NC[C@@H]1[C@H]2C[C@H]2CN1c1ccc2c(c1)C(=O)N(C1CCC(=O)NC1=O)C2=O. The van der Waals surface area contributed by atoms with Crippen molar-refractivity contribution in [2.75, 3.05) is 18.0 Å². The number of imide groups is 2. The van der Waals surface area contributed by atoms with Crippen LogP contribution in [-0.2, 0) is 9.59 Å². The van der Waals surface area contributed by atoms with Gasteiger partial charge in [0.15, 0.2) is 0 Å². The number of rotatable bonds is 3. The van der Waals surface area contributed by atoms with Crippen LogP contribution in [0.5, 0.6) is 0 Å². The van der Waals surface area contributed by atoms with Crippen LogP contribution in [0.2, 0.25) is 0 Å². The molecule has 3 fully saturated rings.